The van der Waals surface area contributed by atoms with E-state index in [-0.39, 0.29) is 16.9 Å². The third kappa shape index (κ3) is 7.93. The molecule has 0 spiro atoms. The van der Waals surface area contributed by atoms with Crippen molar-refractivity contribution >= 4 is 40.4 Å². The van der Waals surface area contributed by atoms with E-state index in [0.717, 1.165) is 52.6 Å². The first-order valence-electron chi connectivity index (χ1n) is 16.0. The fraction of sp³-hybridized carbons (Fsp3) is 0.275. The van der Waals surface area contributed by atoms with Gasteiger partial charge in [0.2, 0.25) is 0 Å². The van der Waals surface area contributed by atoms with Gasteiger partial charge in [-0.2, -0.15) is 15.8 Å². The van der Waals surface area contributed by atoms with E-state index in [1.807, 2.05) is 44.2 Å². The summed E-state index contributed by atoms with van der Waals surface area (Å²) in [7, 11) is 0. The maximum absolute atomic E-state index is 9.82. The molecular weight excluding hydrogens is 599 g/mol. The summed E-state index contributed by atoms with van der Waals surface area (Å²) in [5.41, 5.74) is 5.71. The Morgan fingerprint density at radius 2 is 1.21 bits per heavy atom. The van der Waals surface area contributed by atoms with Crippen molar-refractivity contribution in [1.29, 1.82) is 15.8 Å². The standard InChI is InChI=1S/C40H41N5OS/c1-7-44(8-2)32-18-14-29(15-19-32)36(30-16-20-33(21-17-30)45(9-3)10-4)13-11-12-34-22-23-35(47-34)24-25-38-37(28-43)39(31(26-41)27-42)46-40(38,5)6/h11-25H,7-10H2,1-6H3/b12-11+,25-24+. The Hall–Kier alpha value is -5.29. The molecule has 0 amide bonds. The average molecular weight is 640 g/mol. The van der Waals surface area contributed by atoms with E-state index in [1.165, 1.54) is 11.4 Å². The van der Waals surface area contributed by atoms with Crippen molar-refractivity contribution in [3.05, 3.63) is 122 Å². The zero-order valence-corrected chi connectivity index (χ0v) is 28.9. The van der Waals surface area contributed by atoms with Crippen LogP contribution in [0, 0.1) is 34.0 Å². The van der Waals surface area contributed by atoms with Gasteiger partial charge in [0.1, 0.15) is 29.4 Å². The van der Waals surface area contributed by atoms with Gasteiger partial charge in [-0.15, -0.1) is 11.3 Å². The molecule has 0 radical (unpaired) electrons. The lowest BCUT2D eigenvalue weighted by atomic mass is 9.94. The van der Waals surface area contributed by atoms with Gasteiger partial charge in [-0.1, -0.05) is 42.5 Å². The molecule has 4 rings (SSSR count). The van der Waals surface area contributed by atoms with E-state index in [4.69, 9.17) is 4.74 Å². The van der Waals surface area contributed by atoms with Crippen LogP contribution in [0.15, 0.2) is 101 Å². The SMILES string of the molecule is CCN(CC)c1ccc(C(=C/C=C/c2ccc(/C=C/C3=C(C#N)C(=C(C#N)C#N)OC3(C)C)s2)c2ccc(N(CC)CC)cc2)cc1. The number of hydrogen-bond donors (Lipinski definition) is 0. The summed E-state index contributed by atoms with van der Waals surface area (Å²) in [5, 5.41) is 28.5. The molecule has 0 atom stereocenters. The zero-order chi connectivity index (χ0) is 34.0. The van der Waals surface area contributed by atoms with Crippen molar-refractivity contribution in [2.75, 3.05) is 36.0 Å². The molecule has 0 saturated carbocycles. The number of anilines is 2. The summed E-state index contributed by atoms with van der Waals surface area (Å²) in [4.78, 5) is 6.78. The van der Waals surface area contributed by atoms with Crippen molar-refractivity contribution in [1.82, 2.24) is 0 Å². The number of rotatable bonds is 12. The van der Waals surface area contributed by atoms with Gasteiger partial charge in [0.05, 0.1) is 0 Å². The number of allylic oxidation sites excluding steroid dienone is 4. The minimum absolute atomic E-state index is 0.0462. The second-order valence-corrected chi connectivity index (χ2v) is 12.5. The minimum Gasteiger partial charge on any atom is -0.480 e. The Kier molecular flexibility index (Phi) is 11.6. The summed E-state index contributed by atoms with van der Waals surface area (Å²) in [5.74, 6) is 0.0462. The number of nitrogens with zero attached hydrogens (tertiary/aromatic N) is 5. The molecule has 0 unspecified atom stereocenters. The molecule has 0 fully saturated rings. The largest absolute Gasteiger partial charge is 0.480 e. The van der Waals surface area contributed by atoms with Gasteiger partial charge < -0.3 is 14.5 Å². The highest BCUT2D eigenvalue weighted by molar-refractivity contribution is 7.13. The van der Waals surface area contributed by atoms with E-state index in [9.17, 15) is 15.8 Å². The third-order valence-corrected chi connectivity index (χ3v) is 9.28. The van der Waals surface area contributed by atoms with Crippen molar-refractivity contribution in [2.24, 2.45) is 0 Å². The molecule has 0 N–H and O–H groups in total. The minimum atomic E-state index is -0.843. The molecule has 3 aromatic rings. The molecule has 7 heteroatoms. The van der Waals surface area contributed by atoms with Gasteiger partial charge >= 0.3 is 0 Å². The van der Waals surface area contributed by atoms with Gasteiger partial charge in [-0.3, -0.25) is 0 Å². The maximum Gasteiger partial charge on any atom is 0.172 e. The van der Waals surface area contributed by atoms with Crippen molar-refractivity contribution in [2.45, 2.75) is 47.1 Å². The highest BCUT2D eigenvalue weighted by atomic mass is 32.1. The van der Waals surface area contributed by atoms with Crippen LogP contribution in [0.1, 0.15) is 62.4 Å². The lowest BCUT2D eigenvalue weighted by Crippen LogP contribution is -2.21. The van der Waals surface area contributed by atoms with Gasteiger partial charge in [-0.25, -0.2) is 0 Å². The normalized spacial score (nSPS) is 13.6. The Bertz CT molecular complexity index is 1770. The second-order valence-electron chi connectivity index (χ2n) is 11.4. The molecule has 2 aromatic carbocycles. The lowest BCUT2D eigenvalue weighted by Gasteiger charge is -2.22. The lowest BCUT2D eigenvalue weighted by molar-refractivity contribution is 0.0954. The van der Waals surface area contributed by atoms with E-state index < -0.39 is 5.60 Å². The van der Waals surface area contributed by atoms with Crippen LogP contribution in [-0.4, -0.2) is 31.8 Å². The molecular formula is C40H41N5OS. The van der Waals surface area contributed by atoms with E-state index in [0.29, 0.717) is 5.57 Å². The smallest absolute Gasteiger partial charge is 0.172 e. The Balaban J connectivity index is 1.64. The topological polar surface area (TPSA) is 87.1 Å². The van der Waals surface area contributed by atoms with Crippen molar-refractivity contribution in [3.8, 4) is 18.2 Å². The van der Waals surface area contributed by atoms with Crippen molar-refractivity contribution in [3.63, 3.8) is 0 Å². The fourth-order valence-corrected chi connectivity index (χ4v) is 6.50. The van der Waals surface area contributed by atoms with Crippen LogP contribution in [0.4, 0.5) is 11.4 Å². The van der Waals surface area contributed by atoms with Crippen LogP contribution in [0.2, 0.25) is 0 Å². The Labute approximate surface area is 283 Å². The predicted molar refractivity (Wildman–Crippen MR) is 196 cm³/mol. The molecule has 1 aliphatic heterocycles. The summed E-state index contributed by atoms with van der Waals surface area (Å²) >= 11 is 1.63. The first-order valence-corrected chi connectivity index (χ1v) is 16.8. The average Bonchev–Trinajstić information content (AvgIpc) is 3.64. The number of ether oxygens (including phenoxy) is 1. The highest BCUT2D eigenvalue weighted by Gasteiger charge is 2.38. The second kappa shape index (κ2) is 15.8. The summed E-state index contributed by atoms with van der Waals surface area (Å²) in [6.07, 6.45) is 10.2. The molecule has 6 nitrogen and oxygen atoms in total. The fourth-order valence-electron chi connectivity index (χ4n) is 5.67. The van der Waals surface area contributed by atoms with Gasteiger partial charge in [-0.05, 0) is 107 Å². The Morgan fingerprint density at radius 1 is 0.723 bits per heavy atom. The molecule has 47 heavy (non-hydrogen) atoms. The number of hydrogen-bond acceptors (Lipinski definition) is 7. The van der Waals surface area contributed by atoms with Crippen molar-refractivity contribution < 1.29 is 4.74 Å². The van der Waals surface area contributed by atoms with Crippen LogP contribution >= 0.6 is 11.3 Å². The van der Waals surface area contributed by atoms with E-state index >= 15 is 0 Å². The van der Waals surface area contributed by atoms with Crippen LogP contribution in [-0.2, 0) is 4.74 Å². The zero-order valence-electron chi connectivity index (χ0n) is 28.0. The first kappa shape index (κ1) is 34.6. The van der Waals surface area contributed by atoms with E-state index in [2.05, 4.69) is 116 Å². The monoisotopic (exact) mass is 639 g/mol. The quantitative estimate of drug-likeness (QED) is 0.145. The summed E-state index contributed by atoms with van der Waals surface area (Å²) in [6.45, 7) is 16.2. The number of benzene rings is 2. The maximum atomic E-state index is 9.82. The summed E-state index contributed by atoms with van der Waals surface area (Å²) < 4.78 is 5.88. The van der Waals surface area contributed by atoms with Crippen LogP contribution in [0.5, 0.6) is 0 Å². The van der Waals surface area contributed by atoms with Crippen LogP contribution in [0.3, 0.4) is 0 Å². The van der Waals surface area contributed by atoms with E-state index in [1.54, 1.807) is 11.3 Å². The number of thiophene rings is 1. The third-order valence-electron chi connectivity index (χ3n) is 8.26. The highest BCUT2D eigenvalue weighted by Crippen LogP contribution is 2.40. The van der Waals surface area contributed by atoms with Crippen LogP contribution in [0.25, 0.3) is 17.7 Å². The number of nitriles is 3. The predicted octanol–water partition coefficient (Wildman–Crippen LogP) is 9.53. The molecule has 0 aliphatic carbocycles. The Morgan fingerprint density at radius 3 is 1.66 bits per heavy atom. The molecule has 0 saturated heterocycles. The summed E-state index contributed by atoms with van der Waals surface area (Å²) in [6, 6.07) is 27.5. The van der Waals surface area contributed by atoms with Gasteiger partial charge in [0.25, 0.3) is 0 Å². The van der Waals surface area contributed by atoms with Gasteiger partial charge in [0, 0.05) is 52.9 Å². The van der Waals surface area contributed by atoms with Gasteiger partial charge in [0.15, 0.2) is 11.3 Å². The van der Waals surface area contributed by atoms with Crippen LogP contribution < -0.4 is 9.80 Å². The molecule has 0 bridgehead atoms. The molecule has 1 aromatic heterocycles. The molecule has 1 aliphatic rings. The molecule has 238 valence electrons. The molecule has 2 heterocycles. The first-order chi connectivity index (χ1) is 22.7.